The third kappa shape index (κ3) is 2.93. The number of benzene rings is 2. The molecule has 0 amide bonds. The summed E-state index contributed by atoms with van der Waals surface area (Å²) in [6.07, 6.45) is 1.64. The topological polar surface area (TPSA) is 76.4 Å². The zero-order chi connectivity index (χ0) is 13.0. The van der Waals surface area contributed by atoms with Gasteiger partial charge in [0.15, 0.2) is 0 Å². The van der Waals surface area contributed by atoms with Gasteiger partial charge >= 0.3 is 0 Å². The van der Waals surface area contributed by atoms with E-state index in [1.165, 1.54) is 0 Å². The van der Waals surface area contributed by atoms with E-state index >= 15 is 0 Å². The quantitative estimate of drug-likeness (QED) is 0.451. The lowest BCUT2D eigenvalue weighted by molar-refractivity contribution is 1.35. The van der Waals surface area contributed by atoms with Crippen molar-refractivity contribution in [3.05, 3.63) is 53.1 Å². The largest absolute Gasteiger partial charge is 0.399 e. The van der Waals surface area contributed by atoms with Crippen molar-refractivity contribution in [3.63, 3.8) is 0 Å². The van der Waals surface area contributed by atoms with Crippen LogP contribution >= 0.6 is 11.6 Å². The average molecular weight is 261 g/mol. The molecule has 0 unspecified atom stereocenters. The number of nitrogen functional groups attached to an aromatic ring is 2. The summed E-state index contributed by atoms with van der Waals surface area (Å²) in [4.78, 5) is 0. The molecule has 5 N–H and O–H groups in total. The Hall–Kier alpha value is -2.20. The molecule has 2 aromatic carbocycles. The highest BCUT2D eigenvalue weighted by Crippen LogP contribution is 2.21. The third-order valence-corrected chi connectivity index (χ3v) is 2.71. The van der Waals surface area contributed by atoms with Gasteiger partial charge in [0.05, 0.1) is 17.6 Å². The highest BCUT2D eigenvalue weighted by Gasteiger charge is 1.98. The Balaban J connectivity index is 2.10. The molecule has 0 spiro atoms. The number of nitrogens with zero attached hydrogens (tertiary/aromatic N) is 1. The summed E-state index contributed by atoms with van der Waals surface area (Å²) in [5.74, 6) is 0. The molecule has 18 heavy (non-hydrogen) atoms. The molecule has 0 saturated heterocycles. The fourth-order valence-electron chi connectivity index (χ4n) is 1.43. The predicted octanol–water partition coefficient (Wildman–Crippen LogP) is 2.95. The minimum absolute atomic E-state index is 0.548. The van der Waals surface area contributed by atoms with E-state index in [1.54, 1.807) is 30.5 Å². The van der Waals surface area contributed by atoms with Gasteiger partial charge in [0.25, 0.3) is 0 Å². The van der Waals surface area contributed by atoms with Crippen LogP contribution in [0.2, 0.25) is 5.02 Å². The molecule has 0 saturated carbocycles. The monoisotopic (exact) mass is 260 g/mol. The van der Waals surface area contributed by atoms with E-state index in [2.05, 4.69) is 10.5 Å². The molecular formula is C13H13ClN4. The summed E-state index contributed by atoms with van der Waals surface area (Å²) in [7, 11) is 0. The van der Waals surface area contributed by atoms with Crippen LogP contribution in [0.25, 0.3) is 0 Å². The Morgan fingerprint density at radius 3 is 2.61 bits per heavy atom. The van der Waals surface area contributed by atoms with E-state index in [4.69, 9.17) is 23.1 Å². The Morgan fingerprint density at radius 2 is 1.89 bits per heavy atom. The summed E-state index contributed by atoms with van der Waals surface area (Å²) < 4.78 is 0. The average Bonchev–Trinajstić information content (AvgIpc) is 2.34. The molecule has 0 radical (unpaired) electrons. The maximum absolute atomic E-state index is 6.00. The number of rotatable bonds is 3. The maximum atomic E-state index is 6.00. The predicted molar refractivity (Wildman–Crippen MR) is 77.9 cm³/mol. The Labute approximate surface area is 110 Å². The van der Waals surface area contributed by atoms with Gasteiger partial charge in [-0.1, -0.05) is 29.8 Å². The highest BCUT2D eigenvalue weighted by atomic mass is 35.5. The number of halogens is 1. The van der Waals surface area contributed by atoms with Gasteiger partial charge in [-0.2, -0.15) is 5.10 Å². The standard InChI is InChI=1S/C13H13ClN4/c14-11-4-2-1-3-9(11)8-17-18-13-6-5-10(15)7-12(13)16/h1-8,18H,15-16H2/b17-8-. The van der Waals surface area contributed by atoms with Gasteiger partial charge < -0.3 is 11.5 Å². The summed E-state index contributed by atoms with van der Waals surface area (Å²) in [5, 5.41) is 4.73. The van der Waals surface area contributed by atoms with Crippen LogP contribution in [0.15, 0.2) is 47.6 Å². The SMILES string of the molecule is Nc1ccc(N/N=C\c2ccccc2Cl)c(N)c1. The molecule has 0 heterocycles. The Bertz CT molecular complexity index is 581. The minimum Gasteiger partial charge on any atom is -0.399 e. The van der Waals surface area contributed by atoms with Crippen LogP contribution in [0.3, 0.4) is 0 Å². The number of hydrogen-bond acceptors (Lipinski definition) is 4. The summed E-state index contributed by atoms with van der Waals surface area (Å²) >= 11 is 6.00. The summed E-state index contributed by atoms with van der Waals surface area (Å²) in [5.41, 5.74) is 16.9. The molecule has 4 nitrogen and oxygen atoms in total. The first-order chi connectivity index (χ1) is 8.66. The highest BCUT2D eigenvalue weighted by molar-refractivity contribution is 6.33. The van der Waals surface area contributed by atoms with E-state index in [1.807, 2.05) is 18.2 Å². The second-order valence-electron chi connectivity index (χ2n) is 3.74. The van der Waals surface area contributed by atoms with E-state index < -0.39 is 0 Å². The van der Waals surface area contributed by atoms with Gasteiger partial charge in [-0.3, -0.25) is 5.43 Å². The smallest absolute Gasteiger partial charge is 0.0792 e. The Morgan fingerprint density at radius 1 is 1.11 bits per heavy atom. The van der Waals surface area contributed by atoms with Crippen LogP contribution in [0, 0.1) is 0 Å². The molecule has 0 fully saturated rings. The molecule has 0 aliphatic heterocycles. The van der Waals surface area contributed by atoms with Gasteiger partial charge in [-0.05, 0) is 24.3 Å². The van der Waals surface area contributed by atoms with Crippen LogP contribution < -0.4 is 16.9 Å². The molecular weight excluding hydrogens is 248 g/mol. The number of hydrogen-bond donors (Lipinski definition) is 3. The first-order valence-corrected chi connectivity index (χ1v) is 5.73. The lowest BCUT2D eigenvalue weighted by Gasteiger charge is -2.05. The van der Waals surface area contributed by atoms with Gasteiger partial charge in [-0.25, -0.2) is 0 Å². The zero-order valence-electron chi connectivity index (χ0n) is 9.60. The fourth-order valence-corrected chi connectivity index (χ4v) is 1.62. The molecule has 0 atom stereocenters. The summed E-state index contributed by atoms with van der Waals surface area (Å²) in [6, 6.07) is 12.6. The number of hydrazone groups is 1. The van der Waals surface area contributed by atoms with Crippen molar-refractivity contribution in [1.82, 2.24) is 0 Å². The molecule has 5 heteroatoms. The van der Waals surface area contributed by atoms with E-state index in [0.29, 0.717) is 22.1 Å². The second kappa shape index (κ2) is 5.42. The molecule has 0 bridgehead atoms. The van der Waals surface area contributed by atoms with Gasteiger partial charge in [-0.15, -0.1) is 0 Å². The van der Waals surface area contributed by atoms with Crippen LogP contribution in [-0.2, 0) is 0 Å². The molecule has 0 aliphatic carbocycles. The molecule has 92 valence electrons. The van der Waals surface area contributed by atoms with Crippen LogP contribution in [0.5, 0.6) is 0 Å². The minimum atomic E-state index is 0.548. The Kier molecular flexibility index (Phi) is 3.69. The normalized spacial score (nSPS) is 10.7. The van der Waals surface area contributed by atoms with Crippen LogP contribution in [0.1, 0.15) is 5.56 Å². The van der Waals surface area contributed by atoms with Crippen molar-refractivity contribution in [1.29, 1.82) is 0 Å². The van der Waals surface area contributed by atoms with Crippen molar-refractivity contribution in [2.75, 3.05) is 16.9 Å². The van der Waals surface area contributed by atoms with Crippen molar-refractivity contribution in [2.24, 2.45) is 5.10 Å². The van der Waals surface area contributed by atoms with E-state index in [-0.39, 0.29) is 0 Å². The van der Waals surface area contributed by atoms with Crippen LogP contribution in [-0.4, -0.2) is 6.21 Å². The van der Waals surface area contributed by atoms with E-state index in [0.717, 1.165) is 5.56 Å². The van der Waals surface area contributed by atoms with Gasteiger partial charge in [0, 0.05) is 16.3 Å². The molecule has 0 aromatic heterocycles. The lowest BCUT2D eigenvalue weighted by Crippen LogP contribution is -1.97. The van der Waals surface area contributed by atoms with Crippen molar-refractivity contribution in [2.45, 2.75) is 0 Å². The number of anilines is 3. The van der Waals surface area contributed by atoms with Crippen molar-refractivity contribution < 1.29 is 0 Å². The fraction of sp³-hybridized carbons (Fsp3) is 0. The lowest BCUT2D eigenvalue weighted by atomic mass is 10.2. The van der Waals surface area contributed by atoms with Crippen molar-refractivity contribution in [3.8, 4) is 0 Å². The van der Waals surface area contributed by atoms with Gasteiger partial charge in [0.1, 0.15) is 0 Å². The molecule has 2 rings (SSSR count). The number of nitrogens with one attached hydrogen (secondary N) is 1. The van der Waals surface area contributed by atoms with Crippen molar-refractivity contribution >= 4 is 34.9 Å². The second-order valence-corrected chi connectivity index (χ2v) is 4.15. The number of nitrogens with two attached hydrogens (primary N) is 2. The zero-order valence-corrected chi connectivity index (χ0v) is 10.4. The first-order valence-electron chi connectivity index (χ1n) is 5.35. The van der Waals surface area contributed by atoms with E-state index in [9.17, 15) is 0 Å². The molecule has 2 aromatic rings. The summed E-state index contributed by atoms with van der Waals surface area (Å²) in [6.45, 7) is 0. The molecule has 0 aliphatic rings. The maximum Gasteiger partial charge on any atom is 0.0792 e. The third-order valence-electron chi connectivity index (χ3n) is 2.37. The van der Waals surface area contributed by atoms with Gasteiger partial charge in [0.2, 0.25) is 0 Å². The first kappa shape index (κ1) is 12.3. The van der Waals surface area contributed by atoms with Crippen LogP contribution in [0.4, 0.5) is 17.1 Å².